The summed E-state index contributed by atoms with van der Waals surface area (Å²) < 4.78 is 55.3. The summed E-state index contributed by atoms with van der Waals surface area (Å²) in [4.78, 5) is 14.4. The van der Waals surface area contributed by atoms with Crippen molar-refractivity contribution in [2.75, 3.05) is 31.6 Å². The molecule has 0 saturated carbocycles. The molecule has 33 heavy (non-hydrogen) atoms. The predicted octanol–water partition coefficient (Wildman–Crippen LogP) is 4.93. The minimum Gasteiger partial charge on any atom is -0.351 e. The summed E-state index contributed by atoms with van der Waals surface area (Å²) in [5, 5.41) is 6.83. The van der Waals surface area contributed by atoms with Crippen LogP contribution in [0.15, 0.2) is 28.8 Å². The van der Waals surface area contributed by atoms with Gasteiger partial charge in [0.1, 0.15) is 6.10 Å². The molecule has 0 spiro atoms. The lowest BCUT2D eigenvalue weighted by molar-refractivity contribution is -0.137. The van der Waals surface area contributed by atoms with E-state index in [1.807, 2.05) is 19.9 Å². The molecule has 1 aromatic carbocycles. The van der Waals surface area contributed by atoms with Crippen molar-refractivity contribution in [3.63, 3.8) is 0 Å². The molecule has 4 rings (SSSR count). The van der Waals surface area contributed by atoms with Gasteiger partial charge in [-0.3, -0.25) is 4.79 Å². The highest BCUT2D eigenvalue weighted by molar-refractivity contribution is 6.31. The number of carbonyl (C=O) groups is 1. The summed E-state index contributed by atoms with van der Waals surface area (Å²) in [6.45, 7) is 5.67. The van der Waals surface area contributed by atoms with Gasteiger partial charge < -0.3 is 24.2 Å². The quantitative estimate of drug-likeness (QED) is 0.644. The number of likely N-dealkylation sites (tertiary alicyclic amines) is 1. The van der Waals surface area contributed by atoms with Crippen LogP contribution in [-0.4, -0.2) is 54.1 Å². The molecule has 2 saturated heterocycles. The zero-order chi connectivity index (χ0) is 23.8. The minimum atomic E-state index is -4.56. The van der Waals surface area contributed by atoms with Crippen molar-refractivity contribution in [2.24, 2.45) is 0 Å². The number of hydrogen-bond donors (Lipinski definition) is 1. The molecule has 2 fully saturated rings. The molecule has 1 unspecified atom stereocenters. The van der Waals surface area contributed by atoms with E-state index in [-0.39, 0.29) is 23.5 Å². The van der Waals surface area contributed by atoms with Gasteiger partial charge in [-0.15, -0.1) is 0 Å². The number of hydrogen-bond acceptors (Lipinski definition) is 6. The fourth-order valence-electron chi connectivity index (χ4n) is 4.08. The van der Waals surface area contributed by atoms with E-state index >= 15 is 0 Å². The van der Waals surface area contributed by atoms with Crippen LogP contribution in [0.2, 0.25) is 5.02 Å². The third-order valence-electron chi connectivity index (χ3n) is 5.82. The van der Waals surface area contributed by atoms with E-state index in [1.165, 1.54) is 6.07 Å². The van der Waals surface area contributed by atoms with Crippen molar-refractivity contribution >= 4 is 23.4 Å². The Kier molecular flexibility index (Phi) is 6.61. The van der Waals surface area contributed by atoms with Crippen LogP contribution in [-0.2, 0) is 15.7 Å². The van der Waals surface area contributed by atoms with Crippen molar-refractivity contribution in [3.05, 3.63) is 46.1 Å². The molecular weight excluding hydrogens is 463 g/mol. The van der Waals surface area contributed by atoms with Gasteiger partial charge in [-0.2, -0.15) is 13.2 Å². The summed E-state index contributed by atoms with van der Waals surface area (Å²) in [7, 11) is 0. The van der Waals surface area contributed by atoms with Crippen molar-refractivity contribution in [2.45, 2.75) is 50.7 Å². The Morgan fingerprint density at radius 3 is 2.61 bits per heavy atom. The van der Waals surface area contributed by atoms with Gasteiger partial charge in [0.15, 0.2) is 5.79 Å². The number of ether oxygens (including phenoxy) is 2. The zero-order valence-electron chi connectivity index (χ0n) is 18.2. The molecule has 0 radical (unpaired) electrons. The number of carbonyl (C=O) groups excluding carboxylic acids is 1. The van der Waals surface area contributed by atoms with Crippen LogP contribution in [0.25, 0.3) is 0 Å². The normalized spacial score (nSPS) is 21.4. The molecule has 1 aromatic heterocycles. The van der Waals surface area contributed by atoms with E-state index in [2.05, 4.69) is 10.5 Å². The number of benzene rings is 1. The average molecular weight is 488 g/mol. The van der Waals surface area contributed by atoms with Gasteiger partial charge in [0, 0.05) is 37.2 Å². The topological polar surface area (TPSA) is 76.8 Å². The first-order valence-corrected chi connectivity index (χ1v) is 11.1. The Morgan fingerprint density at radius 2 is 2.00 bits per heavy atom. The summed E-state index contributed by atoms with van der Waals surface area (Å²) in [6.07, 6.45) is -3.31. The summed E-state index contributed by atoms with van der Waals surface area (Å²) in [6, 6.07) is 4.93. The van der Waals surface area contributed by atoms with Crippen molar-refractivity contribution in [1.29, 1.82) is 0 Å². The summed E-state index contributed by atoms with van der Waals surface area (Å²) in [5.74, 6) is -0.269. The zero-order valence-corrected chi connectivity index (χ0v) is 19.0. The molecule has 1 N–H and O–H groups in total. The number of aromatic nitrogens is 1. The molecule has 0 aliphatic carbocycles. The number of amides is 1. The summed E-state index contributed by atoms with van der Waals surface area (Å²) in [5.41, 5.74) is -0.0163. The van der Waals surface area contributed by atoms with Gasteiger partial charge in [-0.25, -0.2) is 0 Å². The fraction of sp³-hybridized carbons (Fsp3) is 0.545. The van der Waals surface area contributed by atoms with E-state index in [0.29, 0.717) is 45.0 Å². The van der Waals surface area contributed by atoms with Crippen LogP contribution < -0.4 is 5.32 Å². The molecule has 1 amide bonds. The molecule has 11 heteroatoms. The van der Waals surface area contributed by atoms with E-state index in [9.17, 15) is 18.0 Å². The smallest absolute Gasteiger partial charge is 0.351 e. The molecule has 0 bridgehead atoms. The third kappa shape index (κ3) is 5.62. The maximum absolute atomic E-state index is 12.9. The first-order chi connectivity index (χ1) is 15.5. The number of nitrogens with one attached hydrogen (secondary N) is 1. The number of anilines is 1. The molecule has 2 aromatic rings. The largest absolute Gasteiger partial charge is 0.417 e. The van der Waals surface area contributed by atoms with E-state index < -0.39 is 22.5 Å². The molecule has 2 aliphatic rings. The molecule has 3 heterocycles. The molecular formula is C22H25ClF3N3O4. The van der Waals surface area contributed by atoms with E-state index in [1.54, 1.807) is 4.90 Å². The van der Waals surface area contributed by atoms with Crippen LogP contribution in [0.4, 0.5) is 19.1 Å². The molecule has 7 nitrogen and oxygen atoms in total. The SMILES string of the molecule is CC1(C)OCC(CNc2cc(C3CCN(C(=O)c4ccc(C(F)(F)F)c(Cl)c4)CC3)no2)O1. The number of rotatable bonds is 5. The second-order valence-corrected chi connectivity index (χ2v) is 9.11. The second-order valence-electron chi connectivity index (χ2n) is 8.71. The van der Waals surface area contributed by atoms with Gasteiger partial charge in [-0.1, -0.05) is 16.8 Å². The highest BCUT2D eigenvalue weighted by Gasteiger charge is 2.34. The van der Waals surface area contributed by atoms with Crippen molar-refractivity contribution in [1.82, 2.24) is 10.1 Å². The number of alkyl halides is 3. The Bertz CT molecular complexity index is 1000. The van der Waals surface area contributed by atoms with Crippen LogP contribution in [0.3, 0.4) is 0 Å². The first kappa shape index (κ1) is 23.8. The van der Waals surface area contributed by atoms with Crippen molar-refractivity contribution in [3.8, 4) is 0 Å². The van der Waals surface area contributed by atoms with Crippen LogP contribution >= 0.6 is 11.6 Å². The van der Waals surface area contributed by atoms with Gasteiger partial charge in [0.25, 0.3) is 5.91 Å². The highest BCUT2D eigenvalue weighted by atomic mass is 35.5. The monoisotopic (exact) mass is 487 g/mol. The summed E-state index contributed by atoms with van der Waals surface area (Å²) >= 11 is 5.75. The average Bonchev–Trinajstić information content (AvgIpc) is 3.37. The maximum atomic E-state index is 12.9. The minimum absolute atomic E-state index is 0.0819. The third-order valence-corrected chi connectivity index (χ3v) is 6.13. The Hall–Kier alpha value is -2.30. The Morgan fingerprint density at radius 1 is 1.27 bits per heavy atom. The van der Waals surface area contributed by atoms with Gasteiger partial charge in [0.05, 0.1) is 22.9 Å². The molecule has 180 valence electrons. The first-order valence-electron chi connectivity index (χ1n) is 10.7. The Labute approximate surface area is 194 Å². The lowest BCUT2D eigenvalue weighted by Crippen LogP contribution is -2.38. The molecule has 2 aliphatic heterocycles. The maximum Gasteiger partial charge on any atom is 0.417 e. The Balaban J connectivity index is 1.29. The highest BCUT2D eigenvalue weighted by Crippen LogP contribution is 2.35. The second kappa shape index (κ2) is 9.15. The predicted molar refractivity (Wildman–Crippen MR) is 114 cm³/mol. The van der Waals surface area contributed by atoms with Crippen LogP contribution in [0.1, 0.15) is 54.2 Å². The lowest BCUT2D eigenvalue weighted by Gasteiger charge is -2.31. The number of halogens is 4. The number of piperidine rings is 1. The standard InChI is InChI=1S/C22H25ClF3N3O4/c1-21(2)31-12-15(32-21)11-27-19-10-18(28-33-19)13-5-7-29(8-6-13)20(30)14-3-4-16(17(23)9-14)22(24,25)26/h3-4,9-10,13,15,27H,5-8,11-12H2,1-2H3. The van der Waals surface area contributed by atoms with Gasteiger partial charge in [-0.05, 0) is 44.9 Å². The van der Waals surface area contributed by atoms with Gasteiger partial charge >= 0.3 is 6.18 Å². The number of nitrogens with zero attached hydrogens (tertiary/aromatic N) is 2. The van der Waals surface area contributed by atoms with E-state index in [4.69, 9.17) is 25.6 Å². The fourth-order valence-corrected chi connectivity index (χ4v) is 4.37. The van der Waals surface area contributed by atoms with Crippen molar-refractivity contribution < 1.29 is 32.0 Å². The lowest BCUT2D eigenvalue weighted by atomic mass is 9.93. The van der Waals surface area contributed by atoms with Crippen LogP contribution in [0, 0.1) is 0 Å². The van der Waals surface area contributed by atoms with Crippen LogP contribution in [0.5, 0.6) is 0 Å². The molecule has 1 atom stereocenters. The van der Waals surface area contributed by atoms with Gasteiger partial charge in [0.2, 0.25) is 5.88 Å². The van der Waals surface area contributed by atoms with E-state index in [0.717, 1.165) is 17.8 Å².